The van der Waals surface area contributed by atoms with Gasteiger partial charge in [-0.1, -0.05) is 25.7 Å². The summed E-state index contributed by atoms with van der Waals surface area (Å²) in [7, 11) is 4.04. The molecule has 1 amide bonds. The SMILES string of the molecule is CNC(CN(C)C1CCCCCC1)(C(N)=O)C1CC1. The van der Waals surface area contributed by atoms with Gasteiger partial charge in [-0.25, -0.2) is 0 Å². The summed E-state index contributed by atoms with van der Waals surface area (Å²) in [5.74, 6) is 0.251. The van der Waals surface area contributed by atoms with E-state index in [0.717, 1.165) is 19.4 Å². The first kappa shape index (κ1) is 14.8. The van der Waals surface area contributed by atoms with Crippen molar-refractivity contribution in [3.05, 3.63) is 0 Å². The molecule has 2 aliphatic carbocycles. The molecule has 0 heterocycles. The summed E-state index contributed by atoms with van der Waals surface area (Å²) in [5.41, 5.74) is 5.19. The molecule has 2 rings (SSSR count). The van der Waals surface area contributed by atoms with E-state index in [1.54, 1.807) is 0 Å². The molecule has 3 N–H and O–H groups in total. The molecular weight excluding hydrogens is 238 g/mol. The molecule has 110 valence electrons. The number of carbonyl (C=O) groups excluding carboxylic acids is 1. The van der Waals surface area contributed by atoms with Crippen LogP contribution in [0.1, 0.15) is 51.4 Å². The van der Waals surface area contributed by atoms with Gasteiger partial charge >= 0.3 is 0 Å². The summed E-state index contributed by atoms with van der Waals surface area (Å²) in [6.45, 7) is 0.758. The van der Waals surface area contributed by atoms with Crippen molar-refractivity contribution >= 4 is 5.91 Å². The first-order chi connectivity index (χ1) is 9.10. The number of likely N-dealkylation sites (N-methyl/N-ethyl adjacent to an activating group) is 2. The molecule has 0 radical (unpaired) electrons. The standard InChI is InChI=1S/C15H29N3O/c1-17-15(14(16)19,12-9-10-12)11-18(2)13-7-5-3-4-6-8-13/h12-13,17H,3-11H2,1-2H3,(H2,16,19). The second kappa shape index (κ2) is 6.23. The van der Waals surface area contributed by atoms with Gasteiger partial charge < -0.3 is 16.0 Å². The Labute approximate surface area is 117 Å². The van der Waals surface area contributed by atoms with Crippen molar-refractivity contribution in [2.24, 2.45) is 11.7 Å². The van der Waals surface area contributed by atoms with Gasteiger partial charge in [-0.3, -0.25) is 4.79 Å². The average molecular weight is 267 g/mol. The Hall–Kier alpha value is -0.610. The predicted octanol–water partition coefficient (Wildman–Crippen LogP) is 1.49. The van der Waals surface area contributed by atoms with E-state index >= 15 is 0 Å². The number of hydrogen-bond donors (Lipinski definition) is 2. The number of nitrogens with one attached hydrogen (secondary N) is 1. The fourth-order valence-electron chi connectivity index (χ4n) is 3.61. The van der Waals surface area contributed by atoms with E-state index in [9.17, 15) is 4.79 Å². The second-order valence-corrected chi connectivity index (χ2v) is 6.42. The van der Waals surface area contributed by atoms with E-state index in [-0.39, 0.29) is 5.91 Å². The van der Waals surface area contributed by atoms with E-state index in [2.05, 4.69) is 17.3 Å². The van der Waals surface area contributed by atoms with Crippen LogP contribution in [0.4, 0.5) is 0 Å². The highest BCUT2D eigenvalue weighted by Crippen LogP contribution is 2.40. The van der Waals surface area contributed by atoms with E-state index in [1.165, 1.54) is 38.5 Å². The molecule has 2 aliphatic rings. The van der Waals surface area contributed by atoms with Crippen LogP contribution in [0.25, 0.3) is 0 Å². The zero-order valence-corrected chi connectivity index (χ0v) is 12.5. The molecular formula is C15H29N3O. The van der Waals surface area contributed by atoms with Gasteiger partial charge in [0, 0.05) is 12.6 Å². The van der Waals surface area contributed by atoms with E-state index in [1.807, 2.05) is 7.05 Å². The van der Waals surface area contributed by atoms with Crippen LogP contribution in [-0.4, -0.2) is 43.0 Å². The van der Waals surface area contributed by atoms with Crippen molar-refractivity contribution in [2.45, 2.75) is 62.9 Å². The highest BCUT2D eigenvalue weighted by molar-refractivity contribution is 5.86. The van der Waals surface area contributed by atoms with Crippen LogP contribution in [0.15, 0.2) is 0 Å². The Morgan fingerprint density at radius 2 is 1.79 bits per heavy atom. The number of hydrogen-bond acceptors (Lipinski definition) is 3. The smallest absolute Gasteiger partial charge is 0.239 e. The molecule has 1 atom stereocenters. The van der Waals surface area contributed by atoms with Gasteiger partial charge in [-0.15, -0.1) is 0 Å². The van der Waals surface area contributed by atoms with Crippen LogP contribution in [0.2, 0.25) is 0 Å². The number of nitrogens with two attached hydrogens (primary N) is 1. The predicted molar refractivity (Wildman–Crippen MR) is 77.8 cm³/mol. The maximum absolute atomic E-state index is 12.0. The molecule has 4 heteroatoms. The topological polar surface area (TPSA) is 58.4 Å². The fourth-order valence-corrected chi connectivity index (χ4v) is 3.61. The minimum atomic E-state index is -0.513. The molecule has 0 aromatic heterocycles. The Bertz CT molecular complexity index is 309. The zero-order valence-electron chi connectivity index (χ0n) is 12.5. The first-order valence-corrected chi connectivity index (χ1v) is 7.79. The van der Waals surface area contributed by atoms with Gasteiger partial charge in [0.05, 0.1) is 0 Å². The molecule has 0 spiro atoms. The lowest BCUT2D eigenvalue weighted by Crippen LogP contribution is -2.62. The van der Waals surface area contributed by atoms with Gasteiger partial charge in [-0.2, -0.15) is 0 Å². The third-order valence-corrected chi connectivity index (χ3v) is 5.11. The van der Waals surface area contributed by atoms with Crippen LogP contribution in [0, 0.1) is 5.92 Å². The molecule has 0 saturated heterocycles. The highest BCUT2D eigenvalue weighted by atomic mass is 16.1. The van der Waals surface area contributed by atoms with Crippen molar-refractivity contribution < 1.29 is 4.79 Å². The Kier molecular flexibility index (Phi) is 4.85. The zero-order chi connectivity index (χ0) is 13.9. The summed E-state index contributed by atoms with van der Waals surface area (Å²) < 4.78 is 0. The molecule has 0 bridgehead atoms. The average Bonchev–Trinajstić information content (AvgIpc) is 3.20. The Morgan fingerprint density at radius 1 is 1.21 bits per heavy atom. The van der Waals surface area contributed by atoms with Crippen molar-refractivity contribution in [3.8, 4) is 0 Å². The van der Waals surface area contributed by atoms with Crippen molar-refractivity contribution in [2.75, 3.05) is 20.6 Å². The Balaban J connectivity index is 2.01. The van der Waals surface area contributed by atoms with Crippen LogP contribution in [0.3, 0.4) is 0 Å². The number of rotatable bonds is 6. The molecule has 2 fully saturated rings. The molecule has 0 aromatic rings. The second-order valence-electron chi connectivity index (χ2n) is 6.42. The summed E-state index contributed by atoms with van der Waals surface area (Å²) in [5, 5.41) is 3.25. The monoisotopic (exact) mass is 267 g/mol. The normalized spacial score (nSPS) is 25.0. The van der Waals surface area contributed by atoms with Crippen LogP contribution < -0.4 is 11.1 Å². The quantitative estimate of drug-likeness (QED) is 0.717. The van der Waals surface area contributed by atoms with Crippen LogP contribution >= 0.6 is 0 Å². The van der Waals surface area contributed by atoms with E-state index < -0.39 is 5.54 Å². The lowest BCUT2D eigenvalue weighted by molar-refractivity contribution is -0.126. The van der Waals surface area contributed by atoms with Crippen molar-refractivity contribution in [1.82, 2.24) is 10.2 Å². The third kappa shape index (κ3) is 3.29. The van der Waals surface area contributed by atoms with Gasteiger partial charge in [0.15, 0.2) is 0 Å². The van der Waals surface area contributed by atoms with Crippen LogP contribution in [0.5, 0.6) is 0 Å². The maximum atomic E-state index is 12.0. The summed E-state index contributed by atoms with van der Waals surface area (Å²) in [4.78, 5) is 14.3. The van der Waals surface area contributed by atoms with E-state index in [0.29, 0.717) is 12.0 Å². The molecule has 2 saturated carbocycles. The third-order valence-electron chi connectivity index (χ3n) is 5.11. The van der Waals surface area contributed by atoms with Crippen LogP contribution in [-0.2, 0) is 4.79 Å². The number of primary amides is 1. The van der Waals surface area contributed by atoms with Gasteiger partial charge in [-0.05, 0) is 45.7 Å². The first-order valence-electron chi connectivity index (χ1n) is 7.79. The fraction of sp³-hybridized carbons (Fsp3) is 0.933. The summed E-state index contributed by atoms with van der Waals surface area (Å²) in [6, 6.07) is 0.619. The number of carbonyl (C=O) groups is 1. The maximum Gasteiger partial charge on any atom is 0.239 e. The van der Waals surface area contributed by atoms with Crippen molar-refractivity contribution in [3.63, 3.8) is 0 Å². The van der Waals surface area contributed by atoms with E-state index in [4.69, 9.17) is 5.73 Å². The van der Waals surface area contributed by atoms with Gasteiger partial charge in [0.1, 0.15) is 5.54 Å². The lowest BCUT2D eigenvalue weighted by Gasteiger charge is -2.38. The minimum absolute atomic E-state index is 0.182. The van der Waals surface area contributed by atoms with Crippen molar-refractivity contribution in [1.29, 1.82) is 0 Å². The summed E-state index contributed by atoms with van der Waals surface area (Å²) in [6.07, 6.45) is 10.1. The number of amides is 1. The molecule has 0 aliphatic heterocycles. The highest BCUT2D eigenvalue weighted by Gasteiger charge is 2.49. The molecule has 0 aromatic carbocycles. The molecule has 4 nitrogen and oxygen atoms in total. The largest absolute Gasteiger partial charge is 0.368 e. The Morgan fingerprint density at radius 3 is 2.21 bits per heavy atom. The lowest BCUT2D eigenvalue weighted by atomic mass is 9.90. The van der Waals surface area contributed by atoms with Gasteiger partial charge in [0.25, 0.3) is 0 Å². The number of nitrogens with zero attached hydrogens (tertiary/aromatic N) is 1. The molecule has 1 unspecified atom stereocenters. The van der Waals surface area contributed by atoms with Gasteiger partial charge in [0.2, 0.25) is 5.91 Å². The molecule has 19 heavy (non-hydrogen) atoms. The summed E-state index contributed by atoms with van der Waals surface area (Å²) >= 11 is 0. The minimum Gasteiger partial charge on any atom is -0.368 e.